The van der Waals surface area contributed by atoms with Crippen molar-refractivity contribution in [1.82, 2.24) is 0 Å². The van der Waals surface area contributed by atoms with Gasteiger partial charge in [0.05, 0.1) is 46.1 Å². The third-order valence-electron chi connectivity index (χ3n) is 10.3. The molecule has 24 nitrogen and oxygen atoms in total. The highest BCUT2D eigenvalue weighted by molar-refractivity contribution is 7.87. The second-order valence-electron chi connectivity index (χ2n) is 15.5. The minimum absolute atomic E-state index is 0.0995. The van der Waals surface area contributed by atoms with Crippen molar-refractivity contribution in [1.29, 1.82) is 0 Å². The number of nitrogen functional groups attached to an aromatic ring is 1. The summed E-state index contributed by atoms with van der Waals surface area (Å²) in [7, 11) is -18.0. The van der Waals surface area contributed by atoms with Gasteiger partial charge in [0, 0.05) is 22.8 Å². The summed E-state index contributed by atoms with van der Waals surface area (Å²) >= 11 is 0. The zero-order valence-corrected chi connectivity index (χ0v) is 40.9. The second-order valence-corrected chi connectivity index (χ2v) is 21.1. The van der Waals surface area contributed by atoms with Crippen LogP contribution in [0.3, 0.4) is 0 Å². The third kappa shape index (κ3) is 12.0. The maximum absolute atomic E-state index is 12.6. The molecule has 7 rings (SSSR count). The van der Waals surface area contributed by atoms with E-state index in [4.69, 9.17) is 10.5 Å². The lowest BCUT2D eigenvalue weighted by molar-refractivity contribution is 0.416. The van der Waals surface area contributed by atoms with Crippen LogP contribution < -0.4 is 15.8 Å². The molecule has 0 radical (unpaired) electrons. The Morgan fingerprint density at radius 3 is 1.56 bits per heavy atom. The molecule has 28 heteroatoms. The fourth-order valence-corrected chi connectivity index (χ4v) is 9.27. The van der Waals surface area contributed by atoms with Gasteiger partial charge in [-0.05, 0) is 146 Å². The Morgan fingerprint density at radius 1 is 0.472 bits per heavy atom. The van der Waals surface area contributed by atoms with E-state index in [0.717, 1.165) is 24.3 Å². The number of azo groups is 4. The van der Waals surface area contributed by atoms with E-state index in [2.05, 4.69) is 46.2 Å². The topological polar surface area (TPSA) is 384 Å². The molecule has 0 aliphatic rings. The van der Waals surface area contributed by atoms with Crippen LogP contribution in [0, 0.1) is 20.8 Å². The smallest absolute Gasteiger partial charge is 0.296 e. The molecule has 0 saturated heterocycles. The third-order valence-corrected chi connectivity index (χ3v) is 13.9. The number of aryl methyl sites for hydroxylation is 3. The molecule has 0 bridgehead atoms. The molecule has 0 amide bonds. The summed E-state index contributed by atoms with van der Waals surface area (Å²) in [6.45, 7) is 5.16. The lowest BCUT2D eigenvalue weighted by Gasteiger charge is -2.13. The molecule has 0 atom stereocenters. The Kier molecular flexibility index (Phi) is 14.4. The molecular formula is C44H38N10O14S4. The molecule has 72 heavy (non-hydrogen) atoms. The minimum Gasteiger partial charge on any atom is -0.505 e. The van der Waals surface area contributed by atoms with E-state index in [0.29, 0.717) is 51.2 Å². The molecule has 0 aromatic heterocycles. The van der Waals surface area contributed by atoms with Gasteiger partial charge in [0.15, 0.2) is 5.75 Å². The minimum atomic E-state index is -5.01. The number of hydrogen-bond acceptors (Lipinski definition) is 20. The first kappa shape index (κ1) is 51.9. The Labute approximate surface area is 410 Å². The van der Waals surface area contributed by atoms with Gasteiger partial charge in [-0.1, -0.05) is 0 Å². The van der Waals surface area contributed by atoms with Crippen LogP contribution in [-0.4, -0.2) is 64.1 Å². The van der Waals surface area contributed by atoms with Crippen molar-refractivity contribution < 1.29 is 61.7 Å². The Bertz CT molecular complexity index is 3960. The van der Waals surface area contributed by atoms with Gasteiger partial charge < -0.3 is 20.9 Å². The highest BCUT2D eigenvalue weighted by Gasteiger charge is 2.24. The summed E-state index contributed by atoms with van der Waals surface area (Å²) in [6, 6.07) is 24.4. The van der Waals surface area contributed by atoms with E-state index in [1.165, 1.54) is 55.6 Å². The number of hydrogen-bond donors (Lipinski definition) is 7. The number of phenolic OH excluding ortho intramolecular Hbond substituents is 1. The predicted octanol–water partition coefficient (Wildman–Crippen LogP) is 11.5. The summed E-state index contributed by atoms with van der Waals surface area (Å²) in [5.41, 5.74) is 8.94. The van der Waals surface area contributed by atoms with E-state index in [1.807, 2.05) is 0 Å². The Morgan fingerprint density at radius 2 is 0.986 bits per heavy atom. The highest BCUT2D eigenvalue weighted by Crippen LogP contribution is 2.44. The number of nitrogens with two attached hydrogens (primary N) is 1. The molecule has 0 unspecified atom stereocenters. The number of nitrogens with zero attached hydrogens (tertiary/aromatic N) is 8. The lowest BCUT2D eigenvalue weighted by atomic mass is 10.1. The number of nitrogens with one attached hydrogen (secondary N) is 1. The summed E-state index contributed by atoms with van der Waals surface area (Å²) in [5.74, 6) is -0.499. The fourth-order valence-electron chi connectivity index (χ4n) is 6.74. The number of methoxy groups -OCH3 is 1. The van der Waals surface area contributed by atoms with Crippen LogP contribution in [0.2, 0.25) is 0 Å². The Hall–Kier alpha value is -7.96. The maximum Gasteiger partial charge on any atom is 0.296 e. The van der Waals surface area contributed by atoms with Crippen LogP contribution in [0.5, 0.6) is 11.5 Å². The maximum atomic E-state index is 12.6. The van der Waals surface area contributed by atoms with Crippen molar-refractivity contribution >= 4 is 114 Å². The molecule has 0 aliphatic carbocycles. The Balaban J connectivity index is 1.07. The largest absolute Gasteiger partial charge is 0.505 e. The van der Waals surface area contributed by atoms with Gasteiger partial charge in [0.25, 0.3) is 40.5 Å². The molecule has 0 aliphatic heterocycles. The lowest BCUT2D eigenvalue weighted by Crippen LogP contribution is -2.04. The number of benzene rings is 7. The van der Waals surface area contributed by atoms with E-state index >= 15 is 0 Å². The van der Waals surface area contributed by atoms with Crippen LogP contribution in [0.4, 0.5) is 62.6 Å². The number of rotatable bonds is 15. The van der Waals surface area contributed by atoms with E-state index in [9.17, 15) is 57.0 Å². The van der Waals surface area contributed by atoms with Crippen molar-refractivity contribution in [3.8, 4) is 11.5 Å². The zero-order chi connectivity index (χ0) is 52.5. The van der Waals surface area contributed by atoms with Crippen LogP contribution in [0.1, 0.15) is 16.7 Å². The van der Waals surface area contributed by atoms with Crippen molar-refractivity contribution in [3.05, 3.63) is 126 Å². The normalized spacial score (nSPS) is 12.8. The summed E-state index contributed by atoms with van der Waals surface area (Å²) in [5, 5.41) is 47.8. The second kappa shape index (κ2) is 20.0. The van der Waals surface area contributed by atoms with Crippen LogP contribution in [-0.2, 0) is 40.5 Å². The van der Waals surface area contributed by atoms with Gasteiger partial charge >= 0.3 is 0 Å². The van der Waals surface area contributed by atoms with Crippen molar-refractivity contribution in [2.75, 3.05) is 18.2 Å². The van der Waals surface area contributed by atoms with Gasteiger partial charge in [-0.25, -0.2) is 0 Å². The zero-order valence-electron chi connectivity index (χ0n) is 37.6. The summed E-state index contributed by atoms with van der Waals surface area (Å²) in [4.78, 5) is -2.96. The molecule has 0 fully saturated rings. The quantitative estimate of drug-likeness (QED) is 0.0285. The number of ether oxygens (including phenoxy) is 1. The molecule has 7 aromatic carbocycles. The monoisotopic (exact) mass is 1060 g/mol. The van der Waals surface area contributed by atoms with Gasteiger partial charge in [0.2, 0.25) is 0 Å². The molecule has 0 spiro atoms. The molecule has 0 heterocycles. The van der Waals surface area contributed by atoms with Gasteiger partial charge in [-0.3, -0.25) is 18.2 Å². The average Bonchev–Trinajstić information content (AvgIpc) is 3.29. The first-order valence-corrected chi connectivity index (χ1v) is 26.0. The molecule has 7 aromatic rings. The number of aromatic hydroxyl groups is 1. The SMILES string of the molecule is COc1cc(N=Nc2ccc(N=Nc3ccc(N=Nc4ccc(S(=O)(=O)O)cc4S(=O)(=O)O)c(C)c3)c(C)c2)c(C)cc1N=Nc1c(S(=O)(=O)O)cc2cc(Nc3ccc(N)c(S(=O)(=O)O)c3)ccc2c1O. The highest BCUT2D eigenvalue weighted by atomic mass is 32.2. The number of anilines is 3. The van der Waals surface area contributed by atoms with Crippen LogP contribution in [0.25, 0.3) is 10.8 Å². The molecular weight excluding hydrogens is 1020 g/mol. The first-order valence-electron chi connectivity index (χ1n) is 20.3. The summed E-state index contributed by atoms with van der Waals surface area (Å²) < 4.78 is 140. The number of phenols is 1. The van der Waals surface area contributed by atoms with Crippen molar-refractivity contribution in [2.45, 2.75) is 40.4 Å². The van der Waals surface area contributed by atoms with E-state index in [-0.39, 0.29) is 45.0 Å². The van der Waals surface area contributed by atoms with E-state index < -0.39 is 71.5 Å². The predicted molar refractivity (Wildman–Crippen MR) is 262 cm³/mol. The van der Waals surface area contributed by atoms with Crippen LogP contribution in [0.15, 0.2) is 170 Å². The van der Waals surface area contributed by atoms with E-state index in [1.54, 1.807) is 51.1 Å². The summed E-state index contributed by atoms with van der Waals surface area (Å²) in [6.07, 6.45) is 0. The van der Waals surface area contributed by atoms with Gasteiger partial charge in [-0.2, -0.15) is 59.2 Å². The molecule has 372 valence electrons. The first-order chi connectivity index (χ1) is 33.7. The average molecular weight is 1060 g/mol. The molecule has 8 N–H and O–H groups in total. The fraction of sp³-hybridized carbons (Fsp3) is 0.0909. The van der Waals surface area contributed by atoms with Gasteiger partial charge in [-0.15, -0.1) is 15.3 Å². The van der Waals surface area contributed by atoms with Crippen molar-refractivity contribution in [3.63, 3.8) is 0 Å². The molecule has 0 saturated carbocycles. The van der Waals surface area contributed by atoms with Crippen molar-refractivity contribution in [2.24, 2.45) is 40.9 Å². The standard InChI is InChI=1S/C44H38N10O14S4/c1-23-15-30(7-12-34(23)49-47-29-8-13-35(24(2)16-29)50-51-36-14-9-31(69(56,57)58)21-41(36)71(62,63)64)48-52-37-22-39(68-4)38(17-25(37)3)53-54-43-42(72(65,66)67)19-26-18-27(5-10-32(26)44(43)55)46-28-6-11-33(45)40(20-28)70(59,60)61/h5-22,46,55H,45H2,1-4H3,(H,56,57,58)(H,59,60,61)(H,62,63,64)(H,65,66,67). The van der Waals surface area contributed by atoms with Crippen LogP contribution >= 0.6 is 0 Å². The number of fused-ring (bicyclic) bond motifs is 1. The van der Waals surface area contributed by atoms with Gasteiger partial charge in [0.1, 0.15) is 37.5 Å².